The molecule has 0 saturated heterocycles. The van der Waals surface area contributed by atoms with Crippen LogP contribution in [0, 0.1) is 13.8 Å². The number of benzene rings is 1. The maximum atomic E-state index is 11.8. The molecule has 0 unspecified atom stereocenters. The number of carbonyl (C=O) groups excluding carboxylic acids is 1. The van der Waals surface area contributed by atoms with Crippen LogP contribution in [0.5, 0.6) is 0 Å². The fraction of sp³-hybridized carbons (Fsp3) is 0.154. The normalized spacial score (nSPS) is 10.7. The molecule has 6 nitrogen and oxygen atoms in total. The van der Waals surface area contributed by atoms with Crippen molar-refractivity contribution in [3.05, 3.63) is 35.0 Å². The summed E-state index contributed by atoms with van der Waals surface area (Å²) in [5.41, 5.74) is 1.64. The second-order valence-electron chi connectivity index (χ2n) is 4.32. The van der Waals surface area contributed by atoms with Crippen molar-refractivity contribution in [2.24, 2.45) is 0 Å². The van der Waals surface area contributed by atoms with Crippen LogP contribution in [-0.2, 0) is 0 Å². The third-order valence-electron chi connectivity index (χ3n) is 2.62. The first-order valence-corrected chi connectivity index (χ1v) is 6.80. The lowest BCUT2D eigenvalue weighted by atomic mass is 10.3. The predicted octanol–water partition coefficient (Wildman–Crippen LogP) is 3.55. The molecule has 0 aliphatic rings. The number of hydrogen-bond acceptors (Lipinski definition) is 5. The summed E-state index contributed by atoms with van der Waals surface area (Å²) in [6.45, 7) is 3.72. The van der Waals surface area contributed by atoms with Crippen molar-refractivity contribution < 1.29 is 9.32 Å². The van der Waals surface area contributed by atoms with Crippen molar-refractivity contribution in [2.45, 2.75) is 13.8 Å². The van der Waals surface area contributed by atoms with Crippen molar-refractivity contribution in [3.63, 3.8) is 0 Å². The molecule has 0 saturated carbocycles. The summed E-state index contributed by atoms with van der Waals surface area (Å²) < 4.78 is 5.92. The van der Waals surface area contributed by atoms with E-state index < -0.39 is 0 Å². The van der Waals surface area contributed by atoms with E-state index in [2.05, 4.69) is 20.8 Å². The van der Waals surface area contributed by atoms with E-state index in [0.717, 1.165) is 15.2 Å². The molecule has 0 bridgehead atoms. The number of carbonyl (C=O) groups is 1. The first kappa shape index (κ1) is 12.6. The van der Waals surface area contributed by atoms with Crippen molar-refractivity contribution in [2.75, 3.05) is 10.6 Å². The lowest BCUT2D eigenvalue weighted by molar-refractivity contribution is 0.262. The van der Waals surface area contributed by atoms with Crippen molar-refractivity contribution in [1.82, 2.24) is 10.1 Å². The van der Waals surface area contributed by atoms with E-state index >= 15 is 0 Å². The maximum absolute atomic E-state index is 11.8. The van der Waals surface area contributed by atoms with E-state index in [1.165, 1.54) is 0 Å². The molecule has 0 spiro atoms. The van der Waals surface area contributed by atoms with Crippen LogP contribution in [0.2, 0.25) is 0 Å². The van der Waals surface area contributed by atoms with Crippen LogP contribution in [0.1, 0.15) is 10.8 Å². The van der Waals surface area contributed by atoms with Crippen LogP contribution >= 0.6 is 11.3 Å². The minimum absolute atomic E-state index is 0.362. The molecule has 2 aromatic heterocycles. The molecule has 2 amide bonds. The van der Waals surface area contributed by atoms with Gasteiger partial charge in [0, 0.05) is 11.8 Å². The summed E-state index contributed by atoms with van der Waals surface area (Å²) >= 11 is 1.59. The van der Waals surface area contributed by atoms with Gasteiger partial charge in [-0.15, -0.1) is 11.3 Å². The summed E-state index contributed by atoms with van der Waals surface area (Å²) in [7, 11) is 0. The van der Waals surface area contributed by atoms with Gasteiger partial charge in [0.15, 0.2) is 5.82 Å². The summed E-state index contributed by atoms with van der Waals surface area (Å²) in [6.07, 6.45) is 0. The van der Waals surface area contributed by atoms with Gasteiger partial charge in [0.05, 0.1) is 15.2 Å². The Morgan fingerprint density at radius 1 is 1.25 bits per heavy atom. The van der Waals surface area contributed by atoms with Gasteiger partial charge >= 0.3 is 6.03 Å². The van der Waals surface area contributed by atoms with Gasteiger partial charge in [0.25, 0.3) is 0 Å². The number of hydrogen-bond donors (Lipinski definition) is 2. The first-order chi connectivity index (χ1) is 9.60. The molecule has 102 valence electrons. The third-order valence-corrected chi connectivity index (χ3v) is 3.56. The number of anilines is 2. The fourth-order valence-electron chi connectivity index (χ4n) is 1.82. The number of aromatic nitrogens is 2. The molecular weight excluding hydrogens is 276 g/mol. The van der Waals surface area contributed by atoms with Crippen molar-refractivity contribution >= 4 is 39.1 Å². The number of nitrogens with one attached hydrogen (secondary N) is 2. The van der Waals surface area contributed by atoms with Crippen LogP contribution in [-0.4, -0.2) is 16.2 Å². The molecule has 3 aromatic rings. The monoisotopic (exact) mass is 288 g/mol. The molecule has 1 aromatic carbocycles. The molecule has 20 heavy (non-hydrogen) atoms. The smallest absolute Gasteiger partial charge is 0.324 e. The molecule has 3 rings (SSSR count). The Morgan fingerprint density at radius 3 is 2.85 bits per heavy atom. The van der Waals surface area contributed by atoms with Crippen LogP contribution in [0.15, 0.2) is 28.8 Å². The van der Waals surface area contributed by atoms with E-state index in [-0.39, 0.29) is 6.03 Å². The SMILES string of the molecule is Cc1cc(NC(=O)Nc2ccc3nc(C)sc3c2)no1. The second-order valence-corrected chi connectivity index (χ2v) is 5.55. The predicted molar refractivity (Wildman–Crippen MR) is 78.2 cm³/mol. The fourth-order valence-corrected chi connectivity index (χ4v) is 2.69. The van der Waals surface area contributed by atoms with Gasteiger partial charge < -0.3 is 9.84 Å². The number of nitrogens with zero attached hydrogens (tertiary/aromatic N) is 2. The summed E-state index contributed by atoms with van der Waals surface area (Å²) in [4.78, 5) is 16.2. The van der Waals surface area contributed by atoms with Gasteiger partial charge in [-0.2, -0.15) is 0 Å². The van der Waals surface area contributed by atoms with Gasteiger partial charge in [0.1, 0.15) is 5.76 Å². The minimum Gasteiger partial charge on any atom is -0.360 e. The van der Waals surface area contributed by atoms with Gasteiger partial charge in [-0.3, -0.25) is 5.32 Å². The van der Waals surface area contributed by atoms with Gasteiger partial charge in [-0.1, -0.05) is 5.16 Å². The molecule has 0 aliphatic carbocycles. The zero-order valence-corrected chi connectivity index (χ0v) is 11.7. The third kappa shape index (κ3) is 2.62. The maximum Gasteiger partial charge on any atom is 0.324 e. The topological polar surface area (TPSA) is 80.0 Å². The van der Waals surface area contributed by atoms with Crippen LogP contribution in [0.4, 0.5) is 16.3 Å². The molecule has 0 fully saturated rings. The number of fused-ring (bicyclic) bond motifs is 1. The molecule has 7 heteroatoms. The highest BCUT2D eigenvalue weighted by Gasteiger charge is 2.07. The molecule has 2 heterocycles. The van der Waals surface area contributed by atoms with E-state index in [9.17, 15) is 4.79 Å². The van der Waals surface area contributed by atoms with Crippen molar-refractivity contribution in [1.29, 1.82) is 0 Å². The average molecular weight is 288 g/mol. The quantitative estimate of drug-likeness (QED) is 0.755. The van der Waals surface area contributed by atoms with Crippen LogP contribution < -0.4 is 10.6 Å². The largest absolute Gasteiger partial charge is 0.360 e. The highest BCUT2D eigenvalue weighted by molar-refractivity contribution is 7.18. The summed E-state index contributed by atoms with van der Waals surface area (Å²) in [5.74, 6) is 1.02. The Labute approximate surface area is 118 Å². The van der Waals surface area contributed by atoms with E-state index in [1.807, 2.05) is 25.1 Å². The van der Waals surface area contributed by atoms with Gasteiger partial charge in [0.2, 0.25) is 0 Å². The number of rotatable bonds is 2. The van der Waals surface area contributed by atoms with Crippen LogP contribution in [0.25, 0.3) is 10.2 Å². The number of amides is 2. The Morgan fingerprint density at radius 2 is 2.10 bits per heavy atom. The standard InChI is InChI=1S/C13H12N4O2S/c1-7-5-12(17-19-7)16-13(18)15-9-3-4-10-11(6-9)20-8(2)14-10/h3-6H,1-2H3,(H2,15,16,17,18). The zero-order chi connectivity index (χ0) is 14.1. The van der Waals surface area contributed by atoms with Gasteiger partial charge in [-0.05, 0) is 32.0 Å². The molecule has 0 radical (unpaired) electrons. The Bertz CT molecular complexity index is 778. The first-order valence-electron chi connectivity index (χ1n) is 5.99. The van der Waals surface area contributed by atoms with Crippen LogP contribution in [0.3, 0.4) is 0 Å². The molecule has 0 aliphatic heterocycles. The molecule has 2 N–H and O–H groups in total. The lowest BCUT2D eigenvalue weighted by Crippen LogP contribution is -2.19. The lowest BCUT2D eigenvalue weighted by Gasteiger charge is -2.04. The summed E-state index contributed by atoms with van der Waals surface area (Å²) in [6, 6.07) is 6.88. The Kier molecular flexibility index (Phi) is 3.11. The zero-order valence-electron chi connectivity index (χ0n) is 10.9. The molecule has 0 atom stereocenters. The Balaban J connectivity index is 1.73. The van der Waals surface area contributed by atoms with E-state index in [0.29, 0.717) is 17.3 Å². The minimum atomic E-state index is -0.362. The van der Waals surface area contributed by atoms with Gasteiger partial charge in [-0.25, -0.2) is 9.78 Å². The summed E-state index contributed by atoms with van der Waals surface area (Å²) in [5, 5.41) is 10.0. The number of thiazole rings is 1. The van der Waals surface area contributed by atoms with Crippen molar-refractivity contribution in [3.8, 4) is 0 Å². The average Bonchev–Trinajstić information content (AvgIpc) is 2.93. The molecular formula is C13H12N4O2S. The highest BCUT2D eigenvalue weighted by Crippen LogP contribution is 2.24. The number of aryl methyl sites for hydroxylation is 2. The second kappa shape index (κ2) is 4.93. The highest BCUT2D eigenvalue weighted by atomic mass is 32.1. The Hall–Kier alpha value is -2.41. The number of urea groups is 1. The van der Waals surface area contributed by atoms with E-state index in [4.69, 9.17) is 4.52 Å². The van der Waals surface area contributed by atoms with E-state index in [1.54, 1.807) is 24.3 Å².